The first-order valence-electron chi connectivity index (χ1n) is 7.55. The smallest absolute Gasteiger partial charge is 0.119 e. The van der Waals surface area contributed by atoms with Gasteiger partial charge in [-0.3, -0.25) is 0 Å². The van der Waals surface area contributed by atoms with Gasteiger partial charge in [0.2, 0.25) is 0 Å². The van der Waals surface area contributed by atoms with Gasteiger partial charge in [-0.1, -0.05) is 25.5 Å². The highest BCUT2D eigenvalue weighted by Crippen LogP contribution is 2.14. The van der Waals surface area contributed by atoms with Crippen LogP contribution in [0.15, 0.2) is 24.3 Å². The number of aryl methyl sites for hydroxylation is 1. The summed E-state index contributed by atoms with van der Waals surface area (Å²) in [6, 6.07) is 8.17. The Morgan fingerprint density at radius 1 is 1.20 bits per heavy atom. The van der Waals surface area contributed by atoms with Gasteiger partial charge in [0.05, 0.1) is 0 Å². The molecule has 0 aromatic heterocycles. The average Bonchev–Trinajstić information content (AvgIpc) is 2.41. The molecule has 0 aliphatic carbocycles. The Bertz CT molecular complexity index is 368. The van der Waals surface area contributed by atoms with Crippen LogP contribution in [0.5, 0.6) is 5.75 Å². The third-order valence-corrected chi connectivity index (χ3v) is 3.05. The van der Waals surface area contributed by atoms with E-state index in [9.17, 15) is 5.11 Å². The van der Waals surface area contributed by atoms with Crippen LogP contribution >= 0.6 is 0 Å². The molecule has 0 radical (unpaired) electrons. The van der Waals surface area contributed by atoms with Crippen molar-refractivity contribution in [2.45, 2.75) is 58.6 Å². The maximum atomic E-state index is 9.86. The van der Waals surface area contributed by atoms with Crippen LogP contribution in [-0.2, 0) is 6.42 Å². The van der Waals surface area contributed by atoms with Crippen molar-refractivity contribution in [3.63, 3.8) is 0 Å². The van der Waals surface area contributed by atoms with Crippen LogP contribution in [0.4, 0.5) is 0 Å². The molecule has 0 amide bonds. The van der Waals surface area contributed by atoms with E-state index in [-0.39, 0.29) is 5.54 Å². The van der Waals surface area contributed by atoms with Crippen molar-refractivity contribution in [3.05, 3.63) is 29.8 Å². The number of β-amino-alcohol motifs (C(OH)–C–C–N with tert-alkyl or cyclic N) is 1. The summed E-state index contributed by atoms with van der Waals surface area (Å²) in [4.78, 5) is 0. The van der Waals surface area contributed by atoms with Gasteiger partial charge >= 0.3 is 0 Å². The number of nitrogens with one attached hydrogen (secondary N) is 1. The van der Waals surface area contributed by atoms with E-state index in [1.165, 1.54) is 18.4 Å². The van der Waals surface area contributed by atoms with Crippen LogP contribution in [0.2, 0.25) is 0 Å². The average molecular weight is 279 g/mol. The lowest BCUT2D eigenvalue weighted by atomic mass is 10.1. The van der Waals surface area contributed by atoms with Crippen LogP contribution < -0.4 is 10.1 Å². The second-order valence-electron chi connectivity index (χ2n) is 6.34. The van der Waals surface area contributed by atoms with Gasteiger partial charge in [0.25, 0.3) is 0 Å². The monoisotopic (exact) mass is 279 g/mol. The van der Waals surface area contributed by atoms with E-state index in [0.29, 0.717) is 13.2 Å². The molecule has 1 atom stereocenters. The first-order chi connectivity index (χ1) is 9.40. The second kappa shape index (κ2) is 8.28. The molecular formula is C17H29NO2. The van der Waals surface area contributed by atoms with Crippen molar-refractivity contribution < 1.29 is 9.84 Å². The number of benzene rings is 1. The third kappa shape index (κ3) is 7.51. The maximum absolute atomic E-state index is 9.86. The summed E-state index contributed by atoms with van der Waals surface area (Å²) in [5, 5.41) is 13.1. The van der Waals surface area contributed by atoms with E-state index < -0.39 is 6.10 Å². The molecule has 0 heterocycles. The summed E-state index contributed by atoms with van der Waals surface area (Å²) in [5.74, 6) is 0.819. The Morgan fingerprint density at radius 2 is 1.85 bits per heavy atom. The van der Waals surface area contributed by atoms with Gasteiger partial charge in [-0.2, -0.15) is 0 Å². The predicted molar refractivity (Wildman–Crippen MR) is 84.3 cm³/mol. The lowest BCUT2D eigenvalue weighted by molar-refractivity contribution is 0.100. The summed E-state index contributed by atoms with van der Waals surface area (Å²) < 4.78 is 5.60. The number of aliphatic hydroxyl groups is 1. The zero-order chi connectivity index (χ0) is 15.0. The summed E-state index contributed by atoms with van der Waals surface area (Å²) in [7, 11) is 0. The fourth-order valence-electron chi connectivity index (χ4n) is 1.81. The maximum Gasteiger partial charge on any atom is 0.119 e. The van der Waals surface area contributed by atoms with Gasteiger partial charge < -0.3 is 15.2 Å². The van der Waals surface area contributed by atoms with Crippen molar-refractivity contribution in [2.24, 2.45) is 0 Å². The zero-order valence-electron chi connectivity index (χ0n) is 13.3. The highest BCUT2D eigenvalue weighted by atomic mass is 16.5. The summed E-state index contributed by atoms with van der Waals surface area (Å²) >= 11 is 0. The molecule has 0 bridgehead atoms. The van der Waals surface area contributed by atoms with Crippen molar-refractivity contribution >= 4 is 0 Å². The van der Waals surface area contributed by atoms with Crippen LogP contribution in [0.3, 0.4) is 0 Å². The minimum atomic E-state index is -0.492. The molecular weight excluding hydrogens is 250 g/mol. The molecule has 1 unspecified atom stereocenters. The first-order valence-corrected chi connectivity index (χ1v) is 7.55. The molecule has 2 N–H and O–H groups in total. The number of aliphatic hydroxyl groups excluding tert-OH is 1. The molecule has 114 valence electrons. The fraction of sp³-hybridized carbons (Fsp3) is 0.647. The minimum Gasteiger partial charge on any atom is -0.491 e. The Labute approximate surface area is 123 Å². The molecule has 1 aromatic rings. The fourth-order valence-corrected chi connectivity index (χ4v) is 1.81. The minimum absolute atomic E-state index is 0.0158. The molecule has 0 saturated heterocycles. The molecule has 0 saturated carbocycles. The van der Waals surface area contributed by atoms with E-state index in [1.54, 1.807) is 0 Å². The van der Waals surface area contributed by atoms with Gasteiger partial charge in [-0.25, -0.2) is 0 Å². The molecule has 0 spiro atoms. The van der Waals surface area contributed by atoms with Gasteiger partial charge in [0.15, 0.2) is 0 Å². The zero-order valence-corrected chi connectivity index (χ0v) is 13.3. The van der Waals surface area contributed by atoms with Crippen LogP contribution in [-0.4, -0.2) is 29.9 Å². The van der Waals surface area contributed by atoms with Crippen molar-refractivity contribution in [2.75, 3.05) is 13.2 Å². The van der Waals surface area contributed by atoms with Crippen molar-refractivity contribution in [3.8, 4) is 5.75 Å². The summed E-state index contributed by atoms with van der Waals surface area (Å²) in [6.45, 7) is 9.29. The quantitative estimate of drug-likeness (QED) is 0.768. The molecule has 3 nitrogen and oxygen atoms in total. The Kier molecular flexibility index (Phi) is 7.03. The number of hydrogen-bond acceptors (Lipinski definition) is 3. The van der Waals surface area contributed by atoms with E-state index in [0.717, 1.165) is 12.2 Å². The second-order valence-corrected chi connectivity index (χ2v) is 6.34. The molecule has 1 rings (SSSR count). The first kappa shape index (κ1) is 17.0. The van der Waals surface area contributed by atoms with Crippen LogP contribution in [0.1, 0.15) is 46.1 Å². The highest BCUT2D eigenvalue weighted by Gasteiger charge is 2.12. The lowest BCUT2D eigenvalue weighted by Gasteiger charge is -2.23. The topological polar surface area (TPSA) is 41.5 Å². The van der Waals surface area contributed by atoms with Gasteiger partial charge in [0.1, 0.15) is 18.5 Å². The third-order valence-electron chi connectivity index (χ3n) is 3.05. The van der Waals surface area contributed by atoms with Crippen LogP contribution in [0.25, 0.3) is 0 Å². The van der Waals surface area contributed by atoms with Gasteiger partial charge in [0, 0.05) is 12.1 Å². The normalized spacial score (nSPS) is 13.2. The largest absolute Gasteiger partial charge is 0.491 e. The molecule has 0 aliphatic heterocycles. The molecule has 1 aromatic carbocycles. The van der Waals surface area contributed by atoms with Crippen molar-refractivity contribution in [1.29, 1.82) is 0 Å². The predicted octanol–water partition coefficient (Wildman–Crippen LogP) is 3.16. The number of rotatable bonds is 8. The van der Waals surface area contributed by atoms with E-state index in [1.807, 2.05) is 12.1 Å². The molecule has 0 aliphatic rings. The van der Waals surface area contributed by atoms with Crippen LogP contribution in [0, 0.1) is 0 Å². The van der Waals surface area contributed by atoms with Gasteiger partial charge in [-0.15, -0.1) is 0 Å². The summed E-state index contributed by atoms with van der Waals surface area (Å²) in [6.07, 6.45) is 3.06. The Balaban J connectivity index is 2.30. The lowest BCUT2D eigenvalue weighted by Crippen LogP contribution is -2.42. The SMILES string of the molecule is CCCCc1ccc(OCC(O)CNC(C)(C)C)cc1. The molecule has 0 fully saturated rings. The molecule has 3 heteroatoms. The van der Waals surface area contributed by atoms with E-state index >= 15 is 0 Å². The summed E-state index contributed by atoms with van der Waals surface area (Å²) in [5.41, 5.74) is 1.36. The number of hydrogen-bond donors (Lipinski definition) is 2. The standard InChI is InChI=1S/C17H29NO2/c1-5-6-7-14-8-10-16(11-9-14)20-13-15(19)12-18-17(2,3)4/h8-11,15,18-19H,5-7,12-13H2,1-4H3. The molecule has 20 heavy (non-hydrogen) atoms. The Hall–Kier alpha value is -1.06. The number of ether oxygens (including phenoxy) is 1. The number of unbranched alkanes of at least 4 members (excludes halogenated alkanes) is 1. The highest BCUT2D eigenvalue weighted by molar-refractivity contribution is 5.27. The Morgan fingerprint density at radius 3 is 2.40 bits per heavy atom. The van der Waals surface area contributed by atoms with Gasteiger partial charge in [-0.05, 0) is 51.3 Å². The van der Waals surface area contributed by atoms with E-state index in [2.05, 4.69) is 45.1 Å². The van der Waals surface area contributed by atoms with Crippen molar-refractivity contribution in [1.82, 2.24) is 5.32 Å². The van der Waals surface area contributed by atoms with E-state index in [4.69, 9.17) is 4.74 Å².